The standard InChI is InChI=1S/C20H18BrIN2O4/c1-11(2)27-19-12(5-4-6-16(19)26-3)10-23-24-20(25)17-8-13-7-14(21)9-15(22)18(13)28-17/h4-11H,1-3H3,(H,24,25)/b23-10-. The molecular formula is C20H18BrIN2O4. The van der Waals surface area contributed by atoms with Crippen molar-refractivity contribution in [2.24, 2.45) is 5.10 Å². The Bertz CT molecular complexity index is 1050. The van der Waals surface area contributed by atoms with Gasteiger partial charge >= 0.3 is 5.91 Å². The molecule has 1 heterocycles. The Morgan fingerprint density at radius 2 is 2.11 bits per heavy atom. The van der Waals surface area contributed by atoms with E-state index in [-0.39, 0.29) is 11.9 Å². The molecule has 0 unspecified atom stereocenters. The molecule has 1 aromatic heterocycles. The Morgan fingerprint density at radius 1 is 1.32 bits per heavy atom. The third kappa shape index (κ3) is 4.67. The minimum atomic E-state index is -0.436. The number of ether oxygens (including phenoxy) is 2. The summed E-state index contributed by atoms with van der Waals surface area (Å²) in [6.45, 7) is 3.85. The lowest BCUT2D eigenvalue weighted by Crippen LogP contribution is -2.17. The molecule has 28 heavy (non-hydrogen) atoms. The molecule has 1 N–H and O–H groups in total. The summed E-state index contributed by atoms with van der Waals surface area (Å²) in [6, 6.07) is 11.0. The first kappa shape index (κ1) is 20.7. The number of nitrogens with zero attached hydrogens (tertiary/aromatic N) is 1. The van der Waals surface area contributed by atoms with E-state index >= 15 is 0 Å². The van der Waals surface area contributed by atoms with Crippen LogP contribution in [0.5, 0.6) is 11.5 Å². The predicted octanol–water partition coefficient (Wildman–Crippen LogP) is 5.36. The fraction of sp³-hybridized carbons (Fsp3) is 0.200. The Morgan fingerprint density at radius 3 is 2.82 bits per heavy atom. The summed E-state index contributed by atoms with van der Waals surface area (Å²) in [6.07, 6.45) is 1.48. The lowest BCUT2D eigenvalue weighted by molar-refractivity contribution is 0.0929. The number of rotatable bonds is 6. The SMILES string of the molecule is COc1cccc(/C=N\NC(=O)c2cc3cc(Br)cc(I)c3o2)c1OC(C)C. The van der Waals surface area contributed by atoms with Gasteiger partial charge in [0.05, 0.1) is 23.0 Å². The molecule has 0 spiro atoms. The van der Waals surface area contributed by atoms with Gasteiger partial charge in [-0.25, -0.2) is 5.43 Å². The second kappa shape index (κ2) is 8.95. The number of methoxy groups -OCH3 is 1. The van der Waals surface area contributed by atoms with Crippen LogP contribution in [0.25, 0.3) is 11.0 Å². The van der Waals surface area contributed by atoms with Gasteiger partial charge in [-0.05, 0) is 66.8 Å². The van der Waals surface area contributed by atoms with Crippen molar-refractivity contribution < 1.29 is 18.7 Å². The summed E-state index contributed by atoms with van der Waals surface area (Å²) in [4.78, 5) is 12.4. The van der Waals surface area contributed by atoms with Gasteiger partial charge in [-0.2, -0.15) is 5.10 Å². The van der Waals surface area contributed by atoms with Gasteiger partial charge in [-0.15, -0.1) is 0 Å². The number of para-hydroxylation sites is 1. The van der Waals surface area contributed by atoms with Crippen molar-refractivity contribution in [2.75, 3.05) is 7.11 Å². The molecule has 0 fully saturated rings. The molecule has 0 aliphatic heterocycles. The van der Waals surface area contributed by atoms with Crippen molar-refractivity contribution in [3.8, 4) is 11.5 Å². The number of halogens is 2. The molecule has 6 nitrogen and oxygen atoms in total. The highest BCUT2D eigenvalue weighted by atomic mass is 127. The fourth-order valence-electron chi connectivity index (χ4n) is 2.56. The summed E-state index contributed by atoms with van der Waals surface area (Å²) in [5.74, 6) is 0.920. The first-order valence-corrected chi connectivity index (χ1v) is 10.3. The van der Waals surface area contributed by atoms with E-state index in [2.05, 4.69) is 49.0 Å². The highest BCUT2D eigenvalue weighted by Gasteiger charge is 2.15. The molecule has 0 saturated heterocycles. The zero-order valence-corrected chi connectivity index (χ0v) is 19.2. The smallest absolute Gasteiger partial charge is 0.307 e. The summed E-state index contributed by atoms with van der Waals surface area (Å²) < 4.78 is 18.7. The Balaban J connectivity index is 1.80. The van der Waals surface area contributed by atoms with E-state index in [1.165, 1.54) is 6.21 Å². The first-order chi connectivity index (χ1) is 13.4. The average molecular weight is 557 g/mol. The predicted molar refractivity (Wildman–Crippen MR) is 120 cm³/mol. The zero-order chi connectivity index (χ0) is 20.3. The topological polar surface area (TPSA) is 73.1 Å². The number of carbonyl (C=O) groups is 1. The van der Waals surface area contributed by atoms with Gasteiger partial charge in [-0.1, -0.05) is 22.0 Å². The second-order valence-corrected chi connectivity index (χ2v) is 8.24. The van der Waals surface area contributed by atoms with Crippen molar-refractivity contribution in [3.63, 3.8) is 0 Å². The maximum absolute atomic E-state index is 12.4. The molecule has 1 amide bonds. The molecule has 146 valence electrons. The maximum atomic E-state index is 12.4. The zero-order valence-electron chi connectivity index (χ0n) is 15.5. The lowest BCUT2D eigenvalue weighted by Gasteiger charge is -2.15. The molecule has 3 aromatic rings. The summed E-state index contributed by atoms with van der Waals surface area (Å²) in [7, 11) is 1.58. The molecule has 0 bridgehead atoms. The number of furan rings is 1. The van der Waals surface area contributed by atoms with Crippen LogP contribution in [-0.4, -0.2) is 25.3 Å². The molecular weight excluding hydrogens is 539 g/mol. The van der Waals surface area contributed by atoms with Crippen molar-refractivity contribution in [1.29, 1.82) is 0 Å². The second-order valence-electron chi connectivity index (χ2n) is 6.16. The van der Waals surface area contributed by atoms with E-state index in [0.717, 1.165) is 13.4 Å². The summed E-state index contributed by atoms with van der Waals surface area (Å²) >= 11 is 5.61. The van der Waals surface area contributed by atoms with Crippen LogP contribution in [0.4, 0.5) is 0 Å². The molecule has 0 radical (unpaired) electrons. The molecule has 8 heteroatoms. The van der Waals surface area contributed by atoms with Gasteiger partial charge in [0.15, 0.2) is 17.3 Å². The monoisotopic (exact) mass is 556 g/mol. The van der Waals surface area contributed by atoms with Crippen LogP contribution in [0.3, 0.4) is 0 Å². The summed E-state index contributed by atoms with van der Waals surface area (Å²) in [5.41, 5.74) is 3.84. The van der Waals surface area contributed by atoms with Crippen LogP contribution in [0.15, 0.2) is 50.4 Å². The molecule has 0 atom stereocenters. The van der Waals surface area contributed by atoms with Crippen LogP contribution >= 0.6 is 38.5 Å². The summed E-state index contributed by atoms with van der Waals surface area (Å²) in [5, 5.41) is 4.88. The molecule has 0 aliphatic rings. The van der Waals surface area contributed by atoms with Gasteiger partial charge in [0.2, 0.25) is 0 Å². The van der Waals surface area contributed by atoms with Gasteiger partial charge in [0.25, 0.3) is 0 Å². The number of hydrazone groups is 1. The van der Waals surface area contributed by atoms with Gasteiger partial charge in [0.1, 0.15) is 5.58 Å². The maximum Gasteiger partial charge on any atom is 0.307 e. The van der Waals surface area contributed by atoms with E-state index in [0.29, 0.717) is 22.6 Å². The highest BCUT2D eigenvalue weighted by molar-refractivity contribution is 14.1. The molecule has 0 saturated carbocycles. The van der Waals surface area contributed by atoms with Crippen LogP contribution < -0.4 is 14.9 Å². The number of hydrogen-bond donors (Lipinski definition) is 1. The number of fused-ring (bicyclic) bond motifs is 1. The highest BCUT2D eigenvalue weighted by Crippen LogP contribution is 2.31. The van der Waals surface area contributed by atoms with E-state index < -0.39 is 5.91 Å². The van der Waals surface area contributed by atoms with Crippen molar-refractivity contribution in [1.82, 2.24) is 5.43 Å². The number of carbonyl (C=O) groups excluding carboxylic acids is 1. The minimum Gasteiger partial charge on any atom is -0.493 e. The molecule has 0 aliphatic carbocycles. The van der Waals surface area contributed by atoms with E-state index in [4.69, 9.17) is 13.9 Å². The largest absolute Gasteiger partial charge is 0.493 e. The average Bonchev–Trinajstić information content (AvgIpc) is 3.07. The Hall–Kier alpha value is -2.07. The van der Waals surface area contributed by atoms with Gasteiger partial charge < -0.3 is 13.9 Å². The van der Waals surface area contributed by atoms with Crippen LogP contribution in [-0.2, 0) is 0 Å². The minimum absolute atomic E-state index is 0.0320. The van der Waals surface area contributed by atoms with Gasteiger partial charge in [0, 0.05) is 15.4 Å². The van der Waals surface area contributed by atoms with Crippen molar-refractivity contribution in [3.05, 3.63) is 55.8 Å². The van der Waals surface area contributed by atoms with Crippen molar-refractivity contribution >= 4 is 61.6 Å². The van der Waals surface area contributed by atoms with Crippen LogP contribution in [0, 0.1) is 3.57 Å². The van der Waals surface area contributed by atoms with E-state index in [1.54, 1.807) is 13.2 Å². The van der Waals surface area contributed by atoms with Crippen LogP contribution in [0.2, 0.25) is 0 Å². The Labute approximate surface area is 184 Å². The van der Waals surface area contributed by atoms with E-state index in [9.17, 15) is 4.79 Å². The number of benzene rings is 2. The quantitative estimate of drug-likeness (QED) is 0.252. The van der Waals surface area contributed by atoms with E-state index in [1.807, 2.05) is 44.2 Å². The van der Waals surface area contributed by atoms with Crippen molar-refractivity contribution in [2.45, 2.75) is 20.0 Å². The fourth-order valence-corrected chi connectivity index (χ4v) is 4.22. The number of nitrogens with one attached hydrogen (secondary N) is 1. The van der Waals surface area contributed by atoms with Crippen LogP contribution in [0.1, 0.15) is 30.0 Å². The normalized spacial score (nSPS) is 11.4. The third-order valence-corrected chi connectivity index (χ3v) is 4.97. The molecule has 3 rings (SSSR count). The third-order valence-electron chi connectivity index (χ3n) is 3.71. The van der Waals surface area contributed by atoms with Gasteiger partial charge in [-0.3, -0.25) is 4.79 Å². The first-order valence-electron chi connectivity index (χ1n) is 8.44. The molecule has 2 aromatic carbocycles. The number of hydrogen-bond acceptors (Lipinski definition) is 5. The Kier molecular flexibility index (Phi) is 6.61. The lowest BCUT2D eigenvalue weighted by atomic mass is 10.2. The number of amides is 1.